The SMILES string of the molecule is COc1ccc(NC(=O)COc2cc(C)nc(-c3ccc(C(F)(F)F)cc3)n2)cc1. The van der Waals surface area contributed by atoms with Crippen molar-refractivity contribution in [1.29, 1.82) is 0 Å². The molecule has 0 unspecified atom stereocenters. The third-order valence-electron chi connectivity index (χ3n) is 4.03. The van der Waals surface area contributed by atoms with Gasteiger partial charge in [-0.2, -0.15) is 18.2 Å². The van der Waals surface area contributed by atoms with Crippen LogP contribution in [0.15, 0.2) is 54.6 Å². The first-order chi connectivity index (χ1) is 14.2. The maximum Gasteiger partial charge on any atom is 0.416 e. The summed E-state index contributed by atoms with van der Waals surface area (Å²) in [6.07, 6.45) is -4.42. The standard InChI is InChI=1S/C21H18F3N3O3/c1-13-11-19(30-12-18(28)26-16-7-9-17(29-2)10-8-16)27-20(25-13)14-3-5-15(6-4-14)21(22,23)24/h3-11H,12H2,1-2H3,(H,26,28). The molecule has 0 saturated carbocycles. The van der Waals surface area contributed by atoms with E-state index in [4.69, 9.17) is 9.47 Å². The number of anilines is 1. The molecule has 0 atom stereocenters. The van der Waals surface area contributed by atoms with E-state index in [9.17, 15) is 18.0 Å². The Labute approximate surface area is 170 Å². The number of hydrogen-bond donors (Lipinski definition) is 1. The number of alkyl halides is 3. The van der Waals surface area contributed by atoms with Crippen molar-refractivity contribution < 1.29 is 27.4 Å². The molecular formula is C21H18F3N3O3. The van der Waals surface area contributed by atoms with Crippen molar-refractivity contribution in [2.75, 3.05) is 19.0 Å². The molecule has 0 aliphatic heterocycles. The van der Waals surface area contributed by atoms with Gasteiger partial charge in [0.1, 0.15) is 5.75 Å². The number of ether oxygens (including phenoxy) is 2. The van der Waals surface area contributed by atoms with Crippen LogP contribution in [0.1, 0.15) is 11.3 Å². The highest BCUT2D eigenvalue weighted by molar-refractivity contribution is 5.91. The van der Waals surface area contributed by atoms with Crippen LogP contribution in [0.25, 0.3) is 11.4 Å². The number of benzene rings is 2. The molecule has 1 N–H and O–H groups in total. The third-order valence-corrected chi connectivity index (χ3v) is 4.03. The minimum atomic E-state index is -4.42. The summed E-state index contributed by atoms with van der Waals surface area (Å²) in [5, 5.41) is 2.68. The third kappa shape index (κ3) is 5.47. The summed E-state index contributed by atoms with van der Waals surface area (Å²) in [5.74, 6) is 0.612. The van der Waals surface area contributed by atoms with Crippen molar-refractivity contribution >= 4 is 11.6 Å². The van der Waals surface area contributed by atoms with E-state index >= 15 is 0 Å². The minimum absolute atomic E-state index is 0.141. The predicted molar refractivity (Wildman–Crippen MR) is 104 cm³/mol. The Morgan fingerprint density at radius 3 is 2.30 bits per heavy atom. The number of carbonyl (C=O) groups excluding carboxylic acids is 1. The zero-order valence-electron chi connectivity index (χ0n) is 16.2. The summed E-state index contributed by atoms with van der Waals surface area (Å²) in [5.41, 5.74) is 0.768. The monoisotopic (exact) mass is 417 g/mol. The van der Waals surface area contributed by atoms with Crippen molar-refractivity contribution in [1.82, 2.24) is 9.97 Å². The maximum atomic E-state index is 12.7. The largest absolute Gasteiger partial charge is 0.497 e. The van der Waals surface area contributed by atoms with E-state index in [1.54, 1.807) is 38.3 Å². The highest BCUT2D eigenvalue weighted by Gasteiger charge is 2.30. The van der Waals surface area contributed by atoms with Crippen LogP contribution >= 0.6 is 0 Å². The number of nitrogens with zero attached hydrogens (tertiary/aromatic N) is 2. The van der Waals surface area contributed by atoms with Crippen LogP contribution in [0.5, 0.6) is 11.6 Å². The molecule has 0 bridgehead atoms. The van der Waals surface area contributed by atoms with Gasteiger partial charge in [0.25, 0.3) is 5.91 Å². The minimum Gasteiger partial charge on any atom is -0.497 e. The van der Waals surface area contributed by atoms with Crippen LogP contribution in [-0.4, -0.2) is 29.6 Å². The van der Waals surface area contributed by atoms with E-state index in [2.05, 4.69) is 15.3 Å². The van der Waals surface area contributed by atoms with Crippen molar-refractivity contribution in [3.63, 3.8) is 0 Å². The second-order valence-corrected chi connectivity index (χ2v) is 6.31. The van der Waals surface area contributed by atoms with Gasteiger partial charge in [0, 0.05) is 23.0 Å². The van der Waals surface area contributed by atoms with E-state index in [1.807, 2.05) is 0 Å². The Hall–Kier alpha value is -3.62. The van der Waals surface area contributed by atoms with Crippen LogP contribution in [0, 0.1) is 6.92 Å². The molecule has 0 aliphatic rings. The van der Waals surface area contributed by atoms with Crippen LogP contribution in [0.2, 0.25) is 0 Å². The fourth-order valence-corrected chi connectivity index (χ4v) is 2.56. The average Bonchev–Trinajstić information content (AvgIpc) is 2.72. The second-order valence-electron chi connectivity index (χ2n) is 6.31. The molecule has 156 valence electrons. The Bertz CT molecular complexity index is 1020. The summed E-state index contributed by atoms with van der Waals surface area (Å²) in [6.45, 7) is 1.40. The van der Waals surface area contributed by atoms with Gasteiger partial charge in [-0.1, -0.05) is 12.1 Å². The van der Waals surface area contributed by atoms with Gasteiger partial charge in [-0.25, -0.2) is 4.98 Å². The molecule has 9 heteroatoms. The van der Waals surface area contributed by atoms with Gasteiger partial charge < -0.3 is 14.8 Å². The fraction of sp³-hybridized carbons (Fsp3) is 0.190. The fourth-order valence-electron chi connectivity index (χ4n) is 2.56. The molecule has 2 aromatic carbocycles. The molecule has 0 aliphatic carbocycles. The average molecular weight is 417 g/mol. The molecule has 1 amide bonds. The first-order valence-corrected chi connectivity index (χ1v) is 8.84. The number of methoxy groups -OCH3 is 1. The van der Waals surface area contributed by atoms with Crippen molar-refractivity contribution in [2.24, 2.45) is 0 Å². The van der Waals surface area contributed by atoms with Crippen molar-refractivity contribution in [2.45, 2.75) is 13.1 Å². The lowest BCUT2D eigenvalue weighted by Gasteiger charge is -2.10. The van der Waals surface area contributed by atoms with Crippen molar-refractivity contribution in [3.05, 3.63) is 65.9 Å². The van der Waals surface area contributed by atoms with Crippen LogP contribution < -0.4 is 14.8 Å². The molecule has 0 spiro atoms. The summed E-state index contributed by atoms with van der Waals surface area (Å²) in [6, 6.07) is 12.8. The summed E-state index contributed by atoms with van der Waals surface area (Å²) < 4.78 is 48.7. The quantitative estimate of drug-likeness (QED) is 0.640. The topological polar surface area (TPSA) is 73.3 Å². The van der Waals surface area contributed by atoms with Gasteiger partial charge in [-0.05, 0) is 43.3 Å². The first-order valence-electron chi connectivity index (χ1n) is 8.84. The highest BCUT2D eigenvalue weighted by Crippen LogP contribution is 2.30. The lowest BCUT2D eigenvalue weighted by atomic mass is 10.1. The maximum absolute atomic E-state index is 12.7. The number of aromatic nitrogens is 2. The number of rotatable bonds is 6. The van der Waals surface area contributed by atoms with Crippen molar-refractivity contribution in [3.8, 4) is 23.0 Å². The van der Waals surface area contributed by atoms with Gasteiger partial charge in [-0.3, -0.25) is 4.79 Å². The van der Waals surface area contributed by atoms with Crippen LogP contribution in [-0.2, 0) is 11.0 Å². The number of aryl methyl sites for hydroxylation is 1. The van der Waals surface area contributed by atoms with Gasteiger partial charge in [0.2, 0.25) is 5.88 Å². The number of halogens is 3. The zero-order valence-corrected chi connectivity index (χ0v) is 16.2. The molecule has 30 heavy (non-hydrogen) atoms. The molecule has 3 aromatic rings. The van der Waals surface area contributed by atoms with E-state index in [0.29, 0.717) is 22.7 Å². The highest BCUT2D eigenvalue weighted by atomic mass is 19.4. The van der Waals surface area contributed by atoms with E-state index in [0.717, 1.165) is 12.1 Å². The zero-order chi connectivity index (χ0) is 21.7. The van der Waals surface area contributed by atoms with Crippen LogP contribution in [0.4, 0.5) is 18.9 Å². The van der Waals surface area contributed by atoms with E-state index < -0.39 is 17.6 Å². The van der Waals surface area contributed by atoms with Gasteiger partial charge >= 0.3 is 6.18 Å². The summed E-state index contributed by atoms with van der Waals surface area (Å²) in [4.78, 5) is 20.5. The Morgan fingerprint density at radius 1 is 1.03 bits per heavy atom. The second kappa shape index (κ2) is 8.81. The number of hydrogen-bond acceptors (Lipinski definition) is 5. The molecule has 3 rings (SSSR count). The molecular weight excluding hydrogens is 399 g/mol. The van der Waals surface area contributed by atoms with E-state index in [1.165, 1.54) is 18.2 Å². The smallest absolute Gasteiger partial charge is 0.416 e. The molecule has 1 heterocycles. The molecule has 0 saturated heterocycles. The Kier molecular flexibility index (Phi) is 6.20. The number of amides is 1. The molecule has 0 radical (unpaired) electrons. The summed E-state index contributed by atoms with van der Waals surface area (Å²) >= 11 is 0. The number of carbonyl (C=O) groups is 1. The first kappa shape index (κ1) is 21.1. The molecule has 0 fully saturated rings. The normalized spacial score (nSPS) is 11.1. The molecule has 1 aromatic heterocycles. The lowest BCUT2D eigenvalue weighted by Crippen LogP contribution is -2.20. The Morgan fingerprint density at radius 2 is 1.70 bits per heavy atom. The van der Waals surface area contributed by atoms with Gasteiger partial charge in [0.15, 0.2) is 12.4 Å². The molecule has 6 nitrogen and oxygen atoms in total. The van der Waals surface area contributed by atoms with Gasteiger partial charge in [0.05, 0.1) is 12.7 Å². The number of nitrogens with one attached hydrogen (secondary N) is 1. The lowest BCUT2D eigenvalue weighted by molar-refractivity contribution is -0.137. The van der Waals surface area contributed by atoms with Gasteiger partial charge in [-0.15, -0.1) is 0 Å². The Balaban J connectivity index is 1.66. The van der Waals surface area contributed by atoms with Crippen LogP contribution in [0.3, 0.4) is 0 Å². The van der Waals surface area contributed by atoms with E-state index in [-0.39, 0.29) is 18.3 Å². The predicted octanol–water partition coefficient (Wildman–Crippen LogP) is 4.50. The summed E-state index contributed by atoms with van der Waals surface area (Å²) in [7, 11) is 1.55.